The average Bonchev–Trinajstić information content (AvgIpc) is 3.08. The van der Waals surface area contributed by atoms with Crippen LogP contribution in [0.25, 0.3) is 0 Å². The van der Waals surface area contributed by atoms with Crippen molar-refractivity contribution in [1.82, 2.24) is 20.4 Å². The largest absolute Gasteiger partial charge is 0.394 e. The smallest absolute Gasteiger partial charge is 0.271 e. The van der Waals surface area contributed by atoms with Gasteiger partial charge in [-0.05, 0) is 17.7 Å². The van der Waals surface area contributed by atoms with Crippen LogP contribution in [-0.2, 0) is 4.74 Å². The second-order valence-corrected chi connectivity index (χ2v) is 7.49. The summed E-state index contributed by atoms with van der Waals surface area (Å²) in [7, 11) is 1.49. The molecule has 1 aliphatic carbocycles. The molecule has 1 aliphatic heterocycles. The zero-order valence-corrected chi connectivity index (χ0v) is 16.0. The first-order chi connectivity index (χ1) is 13.5. The van der Waals surface area contributed by atoms with Gasteiger partial charge in [-0.15, -0.1) is 0 Å². The normalized spacial score (nSPS) is 23.8. The molecule has 148 valence electrons. The number of carbonyl (C=O) groups is 2. The van der Waals surface area contributed by atoms with Crippen molar-refractivity contribution in [1.29, 1.82) is 0 Å². The summed E-state index contributed by atoms with van der Waals surface area (Å²) in [4.78, 5) is 25.0. The lowest BCUT2D eigenvalue weighted by atomic mass is 10.1. The summed E-state index contributed by atoms with van der Waals surface area (Å²) in [5.41, 5.74) is 1.00. The Labute approximate surface area is 166 Å². The third-order valence-corrected chi connectivity index (χ3v) is 5.61. The minimum Gasteiger partial charge on any atom is -0.394 e. The molecule has 9 heteroatoms. The van der Waals surface area contributed by atoms with Crippen LogP contribution < -0.4 is 10.6 Å². The molecule has 2 aliphatic rings. The van der Waals surface area contributed by atoms with Gasteiger partial charge in [-0.2, -0.15) is 5.10 Å². The van der Waals surface area contributed by atoms with Crippen molar-refractivity contribution in [2.45, 2.75) is 12.1 Å². The molecule has 2 amide bonds. The van der Waals surface area contributed by atoms with Crippen molar-refractivity contribution in [3.63, 3.8) is 0 Å². The van der Waals surface area contributed by atoms with Gasteiger partial charge in [0.2, 0.25) is 0 Å². The second kappa shape index (κ2) is 7.54. The van der Waals surface area contributed by atoms with E-state index in [2.05, 4.69) is 15.7 Å². The van der Waals surface area contributed by atoms with Gasteiger partial charge >= 0.3 is 0 Å². The number of amides is 2. The lowest BCUT2D eigenvalue weighted by molar-refractivity contribution is 0.0912. The number of hydrogen-bond donors (Lipinski definition) is 3. The Balaban J connectivity index is 1.67. The highest BCUT2D eigenvalue weighted by Gasteiger charge is 2.55. The molecule has 2 aromatic rings. The van der Waals surface area contributed by atoms with E-state index in [4.69, 9.17) is 16.3 Å². The lowest BCUT2D eigenvalue weighted by Crippen LogP contribution is -2.33. The number of ether oxygens (including phenoxy) is 1. The van der Waals surface area contributed by atoms with Crippen LogP contribution in [0.15, 0.2) is 30.3 Å². The summed E-state index contributed by atoms with van der Waals surface area (Å²) in [5, 5.41) is 20.3. The van der Waals surface area contributed by atoms with Crippen LogP contribution in [0.1, 0.15) is 32.6 Å². The van der Waals surface area contributed by atoms with Crippen molar-refractivity contribution in [2.75, 3.05) is 26.9 Å². The van der Waals surface area contributed by atoms with Crippen LogP contribution in [0.3, 0.4) is 0 Å². The minimum atomic E-state index is -0.653. The fraction of sp³-hybridized carbons (Fsp3) is 0.421. The Morgan fingerprint density at radius 1 is 1.32 bits per heavy atom. The molecule has 8 nitrogen and oxygen atoms in total. The SMILES string of the molecule is CNC(=O)c1cc(C(=O)NC2[C@H]3COC[C@@H]23)n(C(CO)c2cccc(Cl)c2)n1. The van der Waals surface area contributed by atoms with Gasteiger partial charge in [-0.25, -0.2) is 4.68 Å². The highest BCUT2D eigenvalue weighted by molar-refractivity contribution is 6.30. The van der Waals surface area contributed by atoms with Gasteiger partial charge in [-0.3, -0.25) is 9.59 Å². The highest BCUT2D eigenvalue weighted by atomic mass is 35.5. The maximum absolute atomic E-state index is 12.9. The number of carbonyl (C=O) groups excluding carboxylic acids is 2. The molecule has 4 atom stereocenters. The van der Waals surface area contributed by atoms with Crippen LogP contribution >= 0.6 is 11.6 Å². The molecule has 0 spiro atoms. The summed E-state index contributed by atoms with van der Waals surface area (Å²) in [6, 6.07) is 7.84. The van der Waals surface area contributed by atoms with Gasteiger partial charge in [0.1, 0.15) is 11.7 Å². The number of aromatic nitrogens is 2. The van der Waals surface area contributed by atoms with E-state index >= 15 is 0 Å². The Morgan fingerprint density at radius 3 is 2.71 bits per heavy atom. The Kier molecular flexibility index (Phi) is 5.09. The van der Waals surface area contributed by atoms with Gasteiger partial charge in [0.05, 0.1) is 19.8 Å². The van der Waals surface area contributed by atoms with E-state index in [9.17, 15) is 14.7 Å². The molecule has 1 aromatic heterocycles. The molecule has 3 N–H and O–H groups in total. The topological polar surface area (TPSA) is 105 Å². The zero-order valence-electron chi connectivity index (χ0n) is 15.3. The number of hydrogen-bond acceptors (Lipinski definition) is 5. The fourth-order valence-corrected chi connectivity index (χ4v) is 3.96. The summed E-state index contributed by atoms with van der Waals surface area (Å²) >= 11 is 6.08. The molecule has 2 unspecified atom stereocenters. The molecule has 2 fully saturated rings. The van der Waals surface area contributed by atoms with Crippen LogP contribution in [0.4, 0.5) is 0 Å². The predicted molar refractivity (Wildman–Crippen MR) is 101 cm³/mol. The van der Waals surface area contributed by atoms with Crippen LogP contribution in [0, 0.1) is 11.8 Å². The van der Waals surface area contributed by atoms with Gasteiger partial charge in [-0.1, -0.05) is 23.7 Å². The van der Waals surface area contributed by atoms with Crippen LogP contribution in [0.2, 0.25) is 5.02 Å². The summed E-state index contributed by atoms with van der Waals surface area (Å²) in [5.74, 6) is -0.0459. The number of benzene rings is 1. The van der Waals surface area contributed by atoms with Gasteiger partial charge in [0.25, 0.3) is 11.8 Å². The average molecular weight is 405 g/mol. The molecule has 0 radical (unpaired) electrons. The third-order valence-electron chi connectivity index (χ3n) is 5.38. The maximum Gasteiger partial charge on any atom is 0.271 e. The van der Waals surface area contributed by atoms with Crippen molar-refractivity contribution < 1.29 is 19.4 Å². The van der Waals surface area contributed by atoms with Gasteiger partial charge in [0, 0.05) is 36.0 Å². The van der Waals surface area contributed by atoms with E-state index in [-0.39, 0.29) is 29.9 Å². The number of nitrogens with zero attached hydrogens (tertiary/aromatic N) is 2. The van der Waals surface area contributed by atoms with Crippen LogP contribution in [-0.4, -0.2) is 59.6 Å². The van der Waals surface area contributed by atoms with Crippen molar-refractivity contribution >= 4 is 23.4 Å². The number of aliphatic hydroxyl groups is 1. The zero-order chi connectivity index (χ0) is 19.8. The molecule has 28 heavy (non-hydrogen) atoms. The van der Waals surface area contributed by atoms with E-state index in [1.54, 1.807) is 24.3 Å². The molecular weight excluding hydrogens is 384 g/mol. The summed E-state index contributed by atoms with van der Waals surface area (Å²) in [6.07, 6.45) is 0. The quantitative estimate of drug-likeness (QED) is 0.662. The van der Waals surface area contributed by atoms with Gasteiger partial charge < -0.3 is 20.5 Å². The minimum absolute atomic E-state index is 0.0757. The van der Waals surface area contributed by atoms with Crippen LogP contribution in [0.5, 0.6) is 0 Å². The summed E-state index contributed by atoms with van der Waals surface area (Å²) < 4.78 is 6.74. The maximum atomic E-state index is 12.9. The monoisotopic (exact) mass is 404 g/mol. The standard InChI is InChI=1S/C19H21ClN4O4/c1-21-18(26)14-6-15(19(27)22-17-12-8-28-9-13(12)17)24(23-14)16(7-25)10-3-2-4-11(20)5-10/h2-6,12-13,16-17,25H,7-9H2,1H3,(H,21,26)(H,22,27)/t12-,13+,16?,17?. The third kappa shape index (κ3) is 3.39. The van der Waals surface area contributed by atoms with Crippen molar-refractivity contribution in [3.8, 4) is 0 Å². The number of rotatable bonds is 6. The number of halogens is 1. The lowest BCUT2D eigenvalue weighted by Gasteiger charge is -2.18. The number of nitrogens with one attached hydrogen (secondary N) is 2. The fourth-order valence-electron chi connectivity index (χ4n) is 3.76. The van der Waals surface area contributed by atoms with Gasteiger partial charge in [0.15, 0.2) is 5.69 Å². The Bertz CT molecular complexity index is 905. The molecule has 1 aromatic carbocycles. The van der Waals surface area contributed by atoms with E-state index in [0.29, 0.717) is 35.6 Å². The molecule has 1 saturated carbocycles. The highest BCUT2D eigenvalue weighted by Crippen LogP contribution is 2.44. The van der Waals surface area contributed by atoms with Crippen molar-refractivity contribution in [3.05, 3.63) is 52.3 Å². The summed E-state index contributed by atoms with van der Waals surface area (Å²) in [6.45, 7) is 0.998. The first-order valence-electron chi connectivity index (χ1n) is 9.10. The first kappa shape index (κ1) is 18.9. The van der Waals surface area contributed by atoms with E-state index < -0.39 is 11.9 Å². The Hall–Kier alpha value is -2.42. The number of fused-ring (bicyclic) bond motifs is 1. The Morgan fingerprint density at radius 2 is 2.07 bits per heavy atom. The molecular formula is C19H21ClN4O4. The van der Waals surface area contributed by atoms with E-state index in [1.807, 2.05) is 0 Å². The molecule has 1 saturated heterocycles. The molecule has 0 bridgehead atoms. The second-order valence-electron chi connectivity index (χ2n) is 7.06. The molecule has 2 heterocycles. The molecule has 4 rings (SSSR count). The number of aliphatic hydroxyl groups excluding tert-OH is 1. The predicted octanol–water partition coefficient (Wildman–Crippen LogP) is 0.852. The van der Waals surface area contributed by atoms with Crippen molar-refractivity contribution in [2.24, 2.45) is 11.8 Å². The van der Waals surface area contributed by atoms with E-state index in [1.165, 1.54) is 17.8 Å². The van der Waals surface area contributed by atoms with E-state index in [0.717, 1.165) is 0 Å². The first-order valence-corrected chi connectivity index (χ1v) is 9.47.